The van der Waals surface area contributed by atoms with Gasteiger partial charge in [0.1, 0.15) is 0 Å². The van der Waals surface area contributed by atoms with Crippen molar-refractivity contribution in [2.45, 2.75) is 70.3 Å². The van der Waals surface area contributed by atoms with Crippen molar-refractivity contribution in [3.63, 3.8) is 0 Å². The van der Waals surface area contributed by atoms with Crippen LogP contribution >= 0.6 is 43.2 Å². The summed E-state index contributed by atoms with van der Waals surface area (Å²) in [6.07, 6.45) is 14.0. The summed E-state index contributed by atoms with van der Waals surface area (Å²) in [7, 11) is 0. The van der Waals surface area contributed by atoms with Crippen LogP contribution in [0.4, 0.5) is 0 Å². The van der Waals surface area contributed by atoms with Crippen molar-refractivity contribution in [2.24, 2.45) is 5.41 Å². The van der Waals surface area contributed by atoms with Crippen LogP contribution in [-0.4, -0.2) is 12.6 Å². The Morgan fingerprint density at radius 1 is 1.14 bits per heavy atom. The maximum absolute atomic E-state index is 3.73. The zero-order valence-corrected chi connectivity index (χ0v) is 16.6. The van der Waals surface area contributed by atoms with E-state index in [1.807, 2.05) is 0 Å². The lowest BCUT2D eigenvalue weighted by molar-refractivity contribution is 0.156. The van der Waals surface area contributed by atoms with Gasteiger partial charge in [0.05, 0.1) is 7.57 Å². The molecule has 3 rings (SSSR count). The van der Waals surface area contributed by atoms with Crippen molar-refractivity contribution >= 4 is 43.2 Å². The first-order chi connectivity index (χ1) is 10.2. The largest absolute Gasteiger partial charge is 0.314 e. The SMILES string of the molecule is Brc1cc(CCC2(CCNC3CC3)CCCCC2)c(Br)s1. The van der Waals surface area contributed by atoms with Crippen LogP contribution < -0.4 is 5.32 Å². The molecule has 1 nitrogen and oxygen atoms in total. The molecule has 0 amide bonds. The van der Waals surface area contributed by atoms with Gasteiger partial charge in [-0.05, 0) is 100 Å². The van der Waals surface area contributed by atoms with Gasteiger partial charge in [0.2, 0.25) is 0 Å². The Bertz CT molecular complexity index is 461. The van der Waals surface area contributed by atoms with Gasteiger partial charge < -0.3 is 5.32 Å². The lowest BCUT2D eigenvalue weighted by atomic mass is 9.68. The predicted octanol–water partition coefficient (Wildman–Crippen LogP) is 6.30. The molecule has 0 saturated heterocycles. The van der Waals surface area contributed by atoms with Gasteiger partial charge in [-0.2, -0.15) is 0 Å². The lowest BCUT2D eigenvalue weighted by Crippen LogP contribution is -2.30. The molecule has 1 aromatic heterocycles. The highest BCUT2D eigenvalue weighted by Crippen LogP contribution is 2.44. The molecule has 0 aliphatic heterocycles. The third-order valence-corrected chi connectivity index (χ3v) is 7.70. The average molecular weight is 435 g/mol. The highest BCUT2D eigenvalue weighted by Gasteiger charge is 2.32. The topological polar surface area (TPSA) is 12.0 Å². The lowest BCUT2D eigenvalue weighted by Gasteiger charge is -2.38. The molecule has 21 heavy (non-hydrogen) atoms. The van der Waals surface area contributed by atoms with Gasteiger partial charge >= 0.3 is 0 Å². The molecule has 0 bridgehead atoms. The van der Waals surface area contributed by atoms with Crippen molar-refractivity contribution in [1.29, 1.82) is 0 Å². The monoisotopic (exact) mass is 433 g/mol. The average Bonchev–Trinajstić information content (AvgIpc) is 3.23. The Balaban J connectivity index is 1.56. The molecule has 2 aliphatic rings. The van der Waals surface area contributed by atoms with E-state index >= 15 is 0 Å². The Labute approximate surface area is 149 Å². The molecule has 118 valence electrons. The molecule has 1 heterocycles. The van der Waals surface area contributed by atoms with E-state index in [9.17, 15) is 0 Å². The number of halogens is 2. The summed E-state index contributed by atoms with van der Waals surface area (Å²) in [5.74, 6) is 0. The molecule has 2 fully saturated rings. The minimum atomic E-state index is 0.605. The third kappa shape index (κ3) is 4.79. The van der Waals surface area contributed by atoms with Gasteiger partial charge in [0, 0.05) is 6.04 Å². The number of nitrogens with one attached hydrogen (secondary N) is 1. The summed E-state index contributed by atoms with van der Waals surface area (Å²) >= 11 is 9.13. The maximum atomic E-state index is 3.73. The van der Waals surface area contributed by atoms with E-state index in [1.165, 1.54) is 83.9 Å². The summed E-state index contributed by atoms with van der Waals surface area (Å²) in [6, 6.07) is 3.15. The predicted molar refractivity (Wildman–Crippen MR) is 99.2 cm³/mol. The Kier molecular flexibility index (Phi) is 5.85. The summed E-state index contributed by atoms with van der Waals surface area (Å²) in [5, 5.41) is 3.73. The molecule has 2 saturated carbocycles. The highest BCUT2D eigenvalue weighted by atomic mass is 79.9. The number of hydrogen-bond donors (Lipinski definition) is 1. The second kappa shape index (κ2) is 7.46. The van der Waals surface area contributed by atoms with Gasteiger partial charge in [-0.1, -0.05) is 19.3 Å². The summed E-state index contributed by atoms with van der Waals surface area (Å²) < 4.78 is 2.56. The van der Waals surface area contributed by atoms with E-state index < -0.39 is 0 Å². The minimum absolute atomic E-state index is 0.605. The van der Waals surface area contributed by atoms with Gasteiger partial charge in [-0.25, -0.2) is 0 Å². The van der Waals surface area contributed by atoms with Gasteiger partial charge in [0.15, 0.2) is 0 Å². The number of rotatable bonds is 7. The Morgan fingerprint density at radius 3 is 2.52 bits per heavy atom. The fraction of sp³-hybridized carbons (Fsp3) is 0.765. The fourth-order valence-electron chi connectivity index (χ4n) is 3.70. The number of aryl methyl sites for hydroxylation is 1. The van der Waals surface area contributed by atoms with E-state index in [-0.39, 0.29) is 0 Å². The molecular weight excluding hydrogens is 410 g/mol. The van der Waals surface area contributed by atoms with Crippen LogP contribution in [0.3, 0.4) is 0 Å². The summed E-state index contributed by atoms with van der Waals surface area (Å²) in [5.41, 5.74) is 2.10. The fourth-order valence-corrected chi connectivity index (χ4v) is 6.61. The van der Waals surface area contributed by atoms with Gasteiger partial charge in [-0.3, -0.25) is 0 Å². The second-order valence-corrected chi connectivity index (χ2v) is 10.6. The minimum Gasteiger partial charge on any atom is -0.314 e. The van der Waals surface area contributed by atoms with Crippen LogP contribution in [0.5, 0.6) is 0 Å². The molecule has 0 unspecified atom stereocenters. The Morgan fingerprint density at radius 2 is 1.90 bits per heavy atom. The summed E-state index contributed by atoms with van der Waals surface area (Å²) in [6.45, 7) is 1.24. The zero-order chi connectivity index (χ0) is 14.7. The van der Waals surface area contributed by atoms with E-state index in [4.69, 9.17) is 0 Å². The molecule has 2 aliphatic carbocycles. The molecule has 0 spiro atoms. The van der Waals surface area contributed by atoms with E-state index in [1.54, 1.807) is 11.3 Å². The normalized spacial score (nSPS) is 21.6. The third-order valence-electron chi connectivity index (χ3n) is 5.23. The zero-order valence-electron chi connectivity index (χ0n) is 12.6. The van der Waals surface area contributed by atoms with Crippen molar-refractivity contribution < 1.29 is 0 Å². The van der Waals surface area contributed by atoms with Gasteiger partial charge in [-0.15, -0.1) is 11.3 Å². The van der Waals surface area contributed by atoms with Crippen molar-refractivity contribution in [1.82, 2.24) is 5.32 Å². The van der Waals surface area contributed by atoms with Crippen molar-refractivity contribution in [3.8, 4) is 0 Å². The quantitative estimate of drug-likeness (QED) is 0.530. The van der Waals surface area contributed by atoms with Crippen LogP contribution in [0.1, 0.15) is 63.4 Å². The second-order valence-electron chi connectivity index (χ2n) is 6.89. The van der Waals surface area contributed by atoms with Crippen LogP contribution in [0.25, 0.3) is 0 Å². The highest BCUT2D eigenvalue weighted by molar-refractivity contribution is 9.12. The standard InChI is InChI=1S/C17H25Br2NS/c18-15-12-13(16(19)21-15)6-9-17(7-2-1-3-8-17)10-11-20-14-4-5-14/h12,14,20H,1-11H2. The molecule has 4 heteroatoms. The van der Waals surface area contributed by atoms with Crippen molar-refractivity contribution in [2.75, 3.05) is 6.54 Å². The van der Waals surface area contributed by atoms with Gasteiger partial charge in [0.25, 0.3) is 0 Å². The molecule has 0 radical (unpaired) electrons. The Hall–Kier alpha value is 0.620. The first-order valence-electron chi connectivity index (χ1n) is 8.34. The molecular formula is C17H25Br2NS. The van der Waals surface area contributed by atoms with E-state index in [0.29, 0.717) is 5.41 Å². The van der Waals surface area contributed by atoms with Crippen LogP contribution in [0.15, 0.2) is 13.6 Å². The maximum Gasteiger partial charge on any atom is 0.0742 e. The molecule has 0 atom stereocenters. The first kappa shape index (κ1) is 16.5. The molecule has 1 N–H and O–H groups in total. The van der Waals surface area contributed by atoms with Crippen LogP contribution in [0.2, 0.25) is 0 Å². The summed E-state index contributed by atoms with van der Waals surface area (Å²) in [4.78, 5) is 0. The first-order valence-corrected chi connectivity index (χ1v) is 10.7. The van der Waals surface area contributed by atoms with E-state index in [2.05, 4.69) is 43.2 Å². The van der Waals surface area contributed by atoms with Crippen LogP contribution in [0, 0.1) is 5.41 Å². The van der Waals surface area contributed by atoms with E-state index in [0.717, 1.165) is 6.04 Å². The smallest absolute Gasteiger partial charge is 0.0742 e. The molecule has 1 aromatic rings. The molecule has 0 aromatic carbocycles. The van der Waals surface area contributed by atoms with Crippen molar-refractivity contribution in [3.05, 3.63) is 19.2 Å². The number of thiophene rings is 1. The number of hydrogen-bond acceptors (Lipinski definition) is 2. The van der Waals surface area contributed by atoms with Crippen LogP contribution in [-0.2, 0) is 6.42 Å².